The number of carbonyl (C=O) groups excluding carboxylic acids is 7. The highest BCUT2D eigenvalue weighted by molar-refractivity contribution is 8.14. The Morgan fingerprint density at radius 3 is 1.82 bits per heavy atom. The first-order valence-corrected chi connectivity index (χ1v) is 16.7. The molecule has 0 aliphatic carbocycles. The Kier molecular flexibility index (Phi) is 17.8. The molecule has 1 rings (SSSR count). The normalized spacial score (nSPS) is 16.6. The number of thioether (sulfide) groups is 1. The topological polar surface area (TPSA) is 180 Å². The quantitative estimate of drug-likeness (QED) is 0.159. The standard InChI is InChI=1S/C31H53N5O8S/c1-9-44-26(38)16-32-28(40)23(14-19(4)5)35-31(43)25(15-20(6)7)45-27(39)17-33-29(41)22(13-18(2)3)34-30(42)24-11-10-12-36(24)21(8)37/h18-20,22-25H,9-17H2,1-8H3,(H,32,40)(H,33,41)(H,34,42)(H,35,43)/t22-,23-,24-,25?/m0/s1. The Morgan fingerprint density at radius 1 is 0.778 bits per heavy atom. The number of rotatable bonds is 18. The lowest BCUT2D eigenvalue weighted by molar-refractivity contribution is -0.143. The molecule has 13 nitrogen and oxygen atoms in total. The van der Waals surface area contributed by atoms with Gasteiger partial charge in [-0.1, -0.05) is 53.3 Å². The van der Waals surface area contributed by atoms with E-state index in [1.807, 2.05) is 41.5 Å². The second-order valence-corrected chi connectivity index (χ2v) is 13.9. The first-order chi connectivity index (χ1) is 21.0. The number of hydrogen-bond donors (Lipinski definition) is 4. The van der Waals surface area contributed by atoms with Crippen molar-refractivity contribution in [2.75, 3.05) is 26.2 Å². The van der Waals surface area contributed by atoms with Gasteiger partial charge >= 0.3 is 5.97 Å². The number of nitrogens with zero attached hydrogens (tertiary/aromatic N) is 1. The van der Waals surface area contributed by atoms with Crippen LogP contribution in [0.4, 0.5) is 0 Å². The number of hydrogen-bond acceptors (Lipinski definition) is 9. The highest BCUT2D eigenvalue weighted by Crippen LogP contribution is 2.22. The van der Waals surface area contributed by atoms with Crippen LogP contribution in [0, 0.1) is 17.8 Å². The maximum absolute atomic E-state index is 13.3. The Morgan fingerprint density at radius 2 is 1.31 bits per heavy atom. The summed E-state index contributed by atoms with van der Waals surface area (Å²) in [6, 6.07) is -2.45. The fraction of sp³-hybridized carbons (Fsp3) is 0.774. The third-order valence-corrected chi connectivity index (χ3v) is 8.11. The average Bonchev–Trinajstić information content (AvgIpc) is 3.44. The molecule has 1 unspecified atom stereocenters. The molecule has 0 aromatic rings. The van der Waals surface area contributed by atoms with Crippen molar-refractivity contribution in [1.29, 1.82) is 0 Å². The number of likely N-dealkylation sites (tertiary alicyclic amines) is 1. The van der Waals surface area contributed by atoms with E-state index in [1.165, 1.54) is 11.8 Å². The molecule has 0 spiro atoms. The van der Waals surface area contributed by atoms with E-state index in [-0.39, 0.29) is 43.4 Å². The van der Waals surface area contributed by atoms with Gasteiger partial charge in [-0.05, 0) is 56.8 Å². The molecule has 0 aromatic heterocycles. The van der Waals surface area contributed by atoms with Crippen LogP contribution in [0.25, 0.3) is 0 Å². The summed E-state index contributed by atoms with van der Waals surface area (Å²) in [7, 11) is 0. The highest BCUT2D eigenvalue weighted by atomic mass is 32.2. The van der Waals surface area contributed by atoms with Gasteiger partial charge in [-0.25, -0.2) is 0 Å². The smallest absolute Gasteiger partial charge is 0.325 e. The van der Waals surface area contributed by atoms with Crippen molar-refractivity contribution in [3.8, 4) is 0 Å². The molecule has 0 saturated carbocycles. The molecule has 1 aliphatic rings. The number of esters is 1. The van der Waals surface area contributed by atoms with Crippen molar-refractivity contribution in [1.82, 2.24) is 26.2 Å². The van der Waals surface area contributed by atoms with E-state index >= 15 is 0 Å². The predicted octanol–water partition coefficient (Wildman–Crippen LogP) is 1.53. The van der Waals surface area contributed by atoms with Crippen LogP contribution in [0.1, 0.15) is 87.5 Å². The molecule has 0 radical (unpaired) electrons. The molecule has 256 valence electrons. The second-order valence-electron chi connectivity index (χ2n) is 12.6. The molecule has 1 aliphatic heterocycles. The van der Waals surface area contributed by atoms with Crippen molar-refractivity contribution in [3.05, 3.63) is 0 Å². The minimum absolute atomic E-state index is 0.0487. The lowest BCUT2D eigenvalue weighted by atomic mass is 10.0. The van der Waals surface area contributed by atoms with E-state index in [1.54, 1.807) is 6.92 Å². The van der Waals surface area contributed by atoms with Crippen LogP contribution in [0.3, 0.4) is 0 Å². The van der Waals surface area contributed by atoms with Crippen molar-refractivity contribution < 1.29 is 38.3 Å². The number of ether oxygens (including phenoxy) is 1. The van der Waals surface area contributed by atoms with Crippen molar-refractivity contribution in [2.45, 2.75) is 111 Å². The van der Waals surface area contributed by atoms with Crippen LogP contribution in [0.5, 0.6) is 0 Å². The fourth-order valence-electron chi connectivity index (χ4n) is 4.97. The highest BCUT2D eigenvalue weighted by Gasteiger charge is 2.35. The molecule has 0 bridgehead atoms. The monoisotopic (exact) mass is 655 g/mol. The van der Waals surface area contributed by atoms with Gasteiger partial charge in [-0.2, -0.15) is 0 Å². The minimum Gasteiger partial charge on any atom is -0.465 e. The van der Waals surface area contributed by atoms with E-state index in [0.29, 0.717) is 38.6 Å². The summed E-state index contributed by atoms with van der Waals surface area (Å²) in [4.78, 5) is 90.3. The van der Waals surface area contributed by atoms with E-state index in [2.05, 4.69) is 21.3 Å². The third-order valence-electron chi connectivity index (χ3n) is 7.01. The SMILES string of the molecule is CCOC(=O)CNC(=O)[C@H](CC(C)C)NC(=O)C(CC(C)C)SC(=O)CNC(=O)[C@H](CC(C)C)NC(=O)[C@@H]1CCCN1C(C)=O. The van der Waals surface area contributed by atoms with Crippen LogP contribution in [0.2, 0.25) is 0 Å². The summed E-state index contributed by atoms with van der Waals surface area (Å²) >= 11 is 0.781. The van der Waals surface area contributed by atoms with Crippen molar-refractivity contribution in [2.24, 2.45) is 17.8 Å². The van der Waals surface area contributed by atoms with Gasteiger partial charge in [0.25, 0.3) is 0 Å². The lowest BCUT2D eigenvalue weighted by Crippen LogP contribution is -2.53. The molecule has 45 heavy (non-hydrogen) atoms. The third kappa shape index (κ3) is 15.1. The Labute approximate surface area is 271 Å². The van der Waals surface area contributed by atoms with E-state index < -0.39 is 58.1 Å². The molecular formula is C31H53N5O8S. The molecule has 14 heteroatoms. The fourth-order valence-corrected chi connectivity index (χ4v) is 6.10. The zero-order valence-electron chi connectivity index (χ0n) is 28.0. The Bertz CT molecular complexity index is 1050. The summed E-state index contributed by atoms with van der Waals surface area (Å²) in [6.07, 6.45) is 2.21. The van der Waals surface area contributed by atoms with Gasteiger partial charge in [0, 0.05) is 13.5 Å². The van der Waals surface area contributed by atoms with Gasteiger partial charge in [-0.3, -0.25) is 33.6 Å². The first kappa shape index (κ1) is 39.9. The lowest BCUT2D eigenvalue weighted by Gasteiger charge is -2.26. The van der Waals surface area contributed by atoms with Gasteiger partial charge in [0.1, 0.15) is 24.7 Å². The molecule has 1 fully saturated rings. The minimum atomic E-state index is -0.920. The largest absolute Gasteiger partial charge is 0.465 e. The maximum Gasteiger partial charge on any atom is 0.325 e. The maximum atomic E-state index is 13.3. The van der Waals surface area contributed by atoms with Crippen LogP contribution in [-0.4, -0.2) is 95.1 Å². The van der Waals surface area contributed by atoms with E-state index in [9.17, 15) is 33.6 Å². The van der Waals surface area contributed by atoms with Gasteiger partial charge in [0.2, 0.25) is 34.7 Å². The predicted molar refractivity (Wildman–Crippen MR) is 172 cm³/mol. The summed E-state index contributed by atoms with van der Waals surface area (Å²) in [5.41, 5.74) is 0. The number of nitrogens with one attached hydrogen (secondary N) is 4. The van der Waals surface area contributed by atoms with Gasteiger partial charge in [0.15, 0.2) is 0 Å². The van der Waals surface area contributed by atoms with Crippen molar-refractivity contribution in [3.63, 3.8) is 0 Å². The van der Waals surface area contributed by atoms with Crippen LogP contribution < -0.4 is 21.3 Å². The molecule has 1 heterocycles. The van der Waals surface area contributed by atoms with Gasteiger partial charge in [0.05, 0.1) is 18.4 Å². The second kappa shape index (κ2) is 20.1. The Hall–Kier alpha value is -3.16. The van der Waals surface area contributed by atoms with Crippen LogP contribution in [0.15, 0.2) is 0 Å². The summed E-state index contributed by atoms with van der Waals surface area (Å²) in [5, 5.41) is 9.31. The zero-order chi connectivity index (χ0) is 34.3. The average molecular weight is 656 g/mol. The Balaban J connectivity index is 2.88. The van der Waals surface area contributed by atoms with Crippen molar-refractivity contribution >= 4 is 52.4 Å². The number of amides is 5. The van der Waals surface area contributed by atoms with Gasteiger partial charge < -0.3 is 30.9 Å². The molecule has 4 N–H and O–H groups in total. The molecule has 5 amide bonds. The summed E-state index contributed by atoms with van der Waals surface area (Å²) in [5.74, 6) is -2.59. The molecule has 1 saturated heterocycles. The van der Waals surface area contributed by atoms with Crippen LogP contribution >= 0.6 is 11.8 Å². The zero-order valence-corrected chi connectivity index (χ0v) is 28.8. The summed E-state index contributed by atoms with van der Waals surface area (Å²) in [6.45, 7) is 14.4. The van der Waals surface area contributed by atoms with Crippen LogP contribution in [-0.2, 0) is 38.3 Å². The molecule has 4 atom stereocenters. The molecular weight excluding hydrogens is 602 g/mol. The van der Waals surface area contributed by atoms with E-state index in [0.717, 1.165) is 11.8 Å². The van der Waals surface area contributed by atoms with Gasteiger partial charge in [-0.15, -0.1) is 0 Å². The molecule has 0 aromatic carbocycles. The van der Waals surface area contributed by atoms with E-state index in [4.69, 9.17) is 4.74 Å². The first-order valence-electron chi connectivity index (χ1n) is 15.8. The number of carbonyl (C=O) groups is 7. The summed E-state index contributed by atoms with van der Waals surface area (Å²) < 4.78 is 4.84.